The number of benzene rings is 1. The summed E-state index contributed by atoms with van der Waals surface area (Å²) in [6, 6.07) is 8.89. The van der Waals surface area contributed by atoms with E-state index in [1.54, 1.807) is 12.1 Å². The Kier molecular flexibility index (Phi) is 3.63. The summed E-state index contributed by atoms with van der Waals surface area (Å²) >= 11 is 5.93. The van der Waals surface area contributed by atoms with Crippen molar-refractivity contribution in [1.29, 1.82) is 0 Å². The third-order valence-corrected chi connectivity index (χ3v) is 2.84. The van der Waals surface area contributed by atoms with Crippen molar-refractivity contribution >= 4 is 28.4 Å². The zero-order valence-electron chi connectivity index (χ0n) is 9.98. The largest absolute Gasteiger partial charge is 0.346 e. The number of rotatable bonds is 3. The number of pyridine rings is 1. The second kappa shape index (κ2) is 5.19. The van der Waals surface area contributed by atoms with Crippen LogP contribution < -0.4 is 5.32 Å². The number of nitrogens with zero attached hydrogens (tertiary/aromatic N) is 1. The van der Waals surface area contributed by atoms with Crippen molar-refractivity contribution in [3.05, 3.63) is 53.7 Å². The van der Waals surface area contributed by atoms with Gasteiger partial charge in [0.1, 0.15) is 5.15 Å². The maximum atomic E-state index is 12.1. The molecule has 1 aromatic heterocycles. The lowest BCUT2D eigenvalue weighted by molar-refractivity contribution is 0.0948. The molecule has 0 aliphatic rings. The molecule has 0 radical (unpaired) electrons. The van der Waals surface area contributed by atoms with Crippen molar-refractivity contribution in [1.82, 2.24) is 10.3 Å². The molecule has 92 valence electrons. The van der Waals surface area contributed by atoms with Crippen molar-refractivity contribution in [3.8, 4) is 0 Å². The second-order valence-electron chi connectivity index (χ2n) is 4.01. The van der Waals surface area contributed by atoms with Crippen LogP contribution in [0, 0.1) is 0 Å². The van der Waals surface area contributed by atoms with E-state index in [4.69, 9.17) is 11.6 Å². The minimum absolute atomic E-state index is 0.0943. The minimum Gasteiger partial charge on any atom is -0.346 e. The zero-order chi connectivity index (χ0) is 13.1. The van der Waals surface area contributed by atoms with Gasteiger partial charge in [0.2, 0.25) is 0 Å². The standard InChI is InChI=1S/C14H13ClN2O/c1-3-9(2)16-14(18)11-8-13(15)17-12-7-5-4-6-10(11)12/h3-9H,1H2,2H3,(H,16,18). The van der Waals surface area contributed by atoms with E-state index < -0.39 is 0 Å². The van der Waals surface area contributed by atoms with Crippen LogP contribution >= 0.6 is 11.6 Å². The van der Waals surface area contributed by atoms with Gasteiger partial charge in [-0.3, -0.25) is 4.79 Å². The van der Waals surface area contributed by atoms with Gasteiger partial charge in [-0.2, -0.15) is 0 Å². The first-order chi connectivity index (χ1) is 8.61. The number of amides is 1. The van der Waals surface area contributed by atoms with Crippen LogP contribution in [0.1, 0.15) is 17.3 Å². The Balaban J connectivity index is 2.49. The smallest absolute Gasteiger partial charge is 0.252 e. The van der Waals surface area contributed by atoms with E-state index in [0.717, 1.165) is 5.39 Å². The summed E-state index contributed by atoms with van der Waals surface area (Å²) in [6.07, 6.45) is 1.67. The molecule has 0 spiro atoms. The second-order valence-corrected chi connectivity index (χ2v) is 4.39. The van der Waals surface area contributed by atoms with Crippen molar-refractivity contribution < 1.29 is 4.79 Å². The molecule has 0 aliphatic heterocycles. The molecular weight excluding hydrogens is 248 g/mol. The lowest BCUT2D eigenvalue weighted by atomic mass is 10.1. The van der Waals surface area contributed by atoms with Gasteiger partial charge in [0.15, 0.2) is 0 Å². The highest BCUT2D eigenvalue weighted by Gasteiger charge is 2.13. The predicted molar refractivity (Wildman–Crippen MR) is 73.9 cm³/mol. The van der Waals surface area contributed by atoms with Crippen LogP contribution in [0.25, 0.3) is 10.9 Å². The van der Waals surface area contributed by atoms with Crippen LogP contribution in [0.3, 0.4) is 0 Å². The van der Waals surface area contributed by atoms with Crippen molar-refractivity contribution in [2.45, 2.75) is 13.0 Å². The predicted octanol–water partition coefficient (Wildman–Crippen LogP) is 3.19. The number of carbonyl (C=O) groups is 1. The lowest BCUT2D eigenvalue weighted by Gasteiger charge is -2.11. The van der Waals surface area contributed by atoms with Crippen LogP contribution in [-0.4, -0.2) is 16.9 Å². The van der Waals surface area contributed by atoms with E-state index in [-0.39, 0.29) is 11.9 Å². The fraction of sp³-hybridized carbons (Fsp3) is 0.143. The highest BCUT2D eigenvalue weighted by molar-refractivity contribution is 6.30. The summed E-state index contributed by atoms with van der Waals surface area (Å²) in [5.41, 5.74) is 1.24. The normalized spacial score (nSPS) is 12.1. The molecule has 18 heavy (non-hydrogen) atoms. The average Bonchev–Trinajstić information content (AvgIpc) is 2.37. The SMILES string of the molecule is C=CC(C)NC(=O)c1cc(Cl)nc2ccccc12. The topological polar surface area (TPSA) is 42.0 Å². The summed E-state index contributed by atoms with van der Waals surface area (Å²) in [5, 5.41) is 3.92. The molecule has 1 N–H and O–H groups in total. The highest BCUT2D eigenvalue weighted by atomic mass is 35.5. The quantitative estimate of drug-likeness (QED) is 0.680. The summed E-state index contributed by atoms with van der Waals surface area (Å²) in [4.78, 5) is 16.3. The number of hydrogen-bond acceptors (Lipinski definition) is 2. The first-order valence-electron chi connectivity index (χ1n) is 5.60. The molecule has 2 aromatic rings. The molecule has 0 saturated carbocycles. The third kappa shape index (κ3) is 2.51. The molecule has 1 atom stereocenters. The van der Waals surface area contributed by atoms with E-state index in [0.29, 0.717) is 16.2 Å². The minimum atomic E-state index is -0.178. The maximum Gasteiger partial charge on any atom is 0.252 e. The molecule has 1 amide bonds. The Morgan fingerprint density at radius 2 is 2.22 bits per heavy atom. The molecule has 0 saturated heterocycles. The Hall–Kier alpha value is -1.87. The molecule has 0 aliphatic carbocycles. The molecule has 1 unspecified atom stereocenters. The summed E-state index contributed by atoms with van der Waals surface area (Å²) in [5.74, 6) is -0.178. The van der Waals surface area contributed by atoms with Gasteiger partial charge in [-0.25, -0.2) is 4.98 Å². The van der Waals surface area contributed by atoms with Crippen LogP contribution in [0.2, 0.25) is 5.15 Å². The van der Waals surface area contributed by atoms with Gasteiger partial charge in [0.25, 0.3) is 5.91 Å². The van der Waals surface area contributed by atoms with E-state index >= 15 is 0 Å². The lowest BCUT2D eigenvalue weighted by Crippen LogP contribution is -2.31. The molecule has 0 fully saturated rings. The fourth-order valence-corrected chi connectivity index (χ4v) is 1.87. The third-order valence-electron chi connectivity index (χ3n) is 2.64. The van der Waals surface area contributed by atoms with Crippen LogP contribution in [-0.2, 0) is 0 Å². The van der Waals surface area contributed by atoms with Crippen molar-refractivity contribution in [2.24, 2.45) is 0 Å². The molecular formula is C14H13ClN2O. The Labute approximate surface area is 110 Å². The Morgan fingerprint density at radius 3 is 2.94 bits per heavy atom. The summed E-state index contributed by atoms with van der Waals surface area (Å²) in [6.45, 7) is 5.49. The number of halogens is 1. The molecule has 3 nitrogen and oxygen atoms in total. The molecule has 2 rings (SSSR count). The van der Waals surface area contributed by atoms with Crippen LogP contribution in [0.4, 0.5) is 0 Å². The average molecular weight is 261 g/mol. The van der Waals surface area contributed by atoms with E-state index in [1.807, 2.05) is 31.2 Å². The molecule has 0 bridgehead atoms. The van der Waals surface area contributed by atoms with Gasteiger partial charge < -0.3 is 5.32 Å². The van der Waals surface area contributed by atoms with Gasteiger partial charge in [-0.05, 0) is 19.1 Å². The van der Waals surface area contributed by atoms with E-state index in [1.165, 1.54) is 0 Å². The monoisotopic (exact) mass is 260 g/mol. The number of fused-ring (bicyclic) bond motifs is 1. The highest BCUT2D eigenvalue weighted by Crippen LogP contribution is 2.20. The molecule has 4 heteroatoms. The maximum absolute atomic E-state index is 12.1. The van der Waals surface area contributed by atoms with Gasteiger partial charge in [-0.1, -0.05) is 35.9 Å². The van der Waals surface area contributed by atoms with Crippen molar-refractivity contribution in [3.63, 3.8) is 0 Å². The molecule has 1 heterocycles. The summed E-state index contributed by atoms with van der Waals surface area (Å²) in [7, 11) is 0. The van der Waals surface area contributed by atoms with Gasteiger partial charge in [-0.15, -0.1) is 6.58 Å². The van der Waals surface area contributed by atoms with E-state index in [9.17, 15) is 4.79 Å². The number of carbonyl (C=O) groups excluding carboxylic acids is 1. The first kappa shape index (κ1) is 12.6. The summed E-state index contributed by atoms with van der Waals surface area (Å²) < 4.78 is 0. The van der Waals surface area contributed by atoms with Crippen molar-refractivity contribution in [2.75, 3.05) is 0 Å². The molecule has 1 aromatic carbocycles. The van der Waals surface area contributed by atoms with Gasteiger partial charge in [0, 0.05) is 11.4 Å². The number of aromatic nitrogens is 1. The van der Waals surface area contributed by atoms with Crippen LogP contribution in [0.5, 0.6) is 0 Å². The Bertz CT molecular complexity index is 610. The number of nitrogens with one attached hydrogen (secondary N) is 1. The fourth-order valence-electron chi connectivity index (χ4n) is 1.67. The number of hydrogen-bond donors (Lipinski definition) is 1. The van der Waals surface area contributed by atoms with Gasteiger partial charge in [0.05, 0.1) is 11.1 Å². The van der Waals surface area contributed by atoms with Gasteiger partial charge >= 0.3 is 0 Å². The Morgan fingerprint density at radius 1 is 1.50 bits per heavy atom. The number of para-hydroxylation sites is 1. The van der Waals surface area contributed by atoms with E-state index in [2.05, 4.69) is 16.9 Å². The van der Waals surface area contributed by atoms with Crippen LogP contribution in [0.15, 0.2) is 43.0 Å². The first-order valence-corrected chi connectivity index (χ1v) is 5.98. The zero-order valence-corrected chi connectivity index (χ0v) is 10.7.